The molecule has 0 saturated heterocycles. The number of carbonyl (C=O) groups is 1. The highest BCUT2D eigenvalue weighted by Crippen LogP contribution is 2.17. The largest absolute Gasteiger partial charge is 0.477 e. The molecule has 2 aromatic rings. The number of nitrogens with zero attached hydrogens (tertiary/aromatic N) is 2. The van der Waals surface area contributed by atoms with Crippen molar-refractivity contribution in [1.29, 1.82) is 0 Å². The van der Waals surface area contributed by atoms with Crippen LogP contribution in [-0.4, -0.2) is 20.6 Å². The van der Waals surface area contributed by atoms with Gasteiger partial charge in [-0.15, -0.1) is 0 Å². The quantitative estimate of drug-likeness (QED) is 0.947. The topological polar surface area (TPSA) is 55.1 Å². The third-order valence-corrected chi connectivity index (χ3v) is 3.00. The molecule has 0 aliphatic carbocycles. The van der Waals surface area contributed by atoms with Crippen LogP contribution >= 0.6 is 15.9 Å². The number of aromatic carboxylic acids is 1. The maximum absolute atomic E-state index is 11.1. The Kier molecular flexibility index (Phi) is 3.28. The molecule has 4 nitrogen and oxygen atoms in total. The lowest BCUT2D eigenvalue weighted by Crippen LogP contribution is -2.09. The van der Waals surface area contributed by atoms with Crippen molar-refractivity contribution in [1.82, 2.24) is 9.55 Å². The van der Waals surface area contributed by atoms with E-state index in [-0.39, 0.29) is 5.69 Å². The van der Waals surface area contributed by atoms with Crippen molar-refractivity contribution in [2.75, 3.05) is 0 Å². The summed E-state index contributed by atoms with van der Waals surface area (Å²) in [5.41, 5.74) is 2.37. The van der Waals surface area contributed by atoms with Crippen LogP contribution in [0, 0.1) is 6.92 Å². The van der Waals surface area contributed by atoms with Gasteiger partial charge in [-0.25, -0.2) is 4.79 Å². The molecule has 2 heterocycles. The number of aromatic nitrogens is 2. The molecule has 0 atom stereocenters. The summed E-state index contributed by atoms with van der Waals surface area (Å²) in [5.74, 6) is -0.933. The molecule has 0 bridgehead atoms. The Hall–Kier alpha value is -1.62. The minimum absolute atomic E-state index is 0.264. The summed E-state index contributed by atoms with van der Waals surface area (Å²) in [4.78, 5) is 15.1. The van der Waals surface area contributed by atoms with E-state index in [0.717, 1.165) is 15.6 Å². The van der Waals surface area contributed by atoms with Gasteiger partial charge in [0.1, 0.15) is 5.69 Å². The molecule has 0 aliphatic heterocycles. The number of halogens is 1. The van der Waals surface area contributed by atoms with Gasteiger partial charge in [-0.1, -0.05) is 0 Å². The highest BCUT2D eigenvalue weighted by molar-refractivity contribution is 9.10. The molecule has 0 fully saturated rings. The molecule has 88 valence electrons. The van der Waals surface area contributed by atoms with Gasteiger partial charge in [0.05, 0.1) is 0 Å². The lowest BCUT2D eigenvalue weighted by molar-refractivity contribution is 0.0685. The number of aryl methyl sites for hydroxylation is 1. The van der Waals surface area contributed by atoms with Crippen molar-refractivity contribution in [3.63, 3.8) is 0 Å². The molecule has 1 N–H and O–H groups in total. The third kappa shape index (κ3) is 2.55. The zero-order valence-corrected chi connectivity index (χ0v) is 10.8. The lowest BCUT2D eigenvalue weighted by atomic mass is 10.1. The number of carboxylic acids is 1. The second-order valence-corrected chi connectivity index (χ2v) is 4.69. The van der Waals surface area contributed by atoms with E-state index in [2.05, 4.69) is 20.9 Å². The van der Waals surface area contributed by atoms with Crippen molar-refractivity contribution < 1.29 is 9.90 Å². The Morgan fingerprint density at radius 3 is 3.00 bits per heavy atom. The van der Waals surface area contributed by atoms with Crippen molar-refractivity contribution in [2.45, 2.75) is 13.5 Å². The van der Waals surface area contributed by atoms with E-state index in [9.17, 15) is 4.79 Å². The maximum Gasteiger partial charge on any atom is 0.352 e. The number of hydrogen-bond acceptors (Lipinski definition) is 2. The second kappa shape index (κ2) is 4.71. The van der Waals surface area contributed by atoms with Crippen LogP contribution in [0.2, 0.25) is 0 Å². The number of hydrogen-bond donors (Lipinski definition) is 1. The summed E-state index contributed by atoms with van der Waals surface area (Å²) < 4.78 is 2.45. The van der Waals surface area contributed by atoms with Gasteiger partial charge in [-0.2, -0.15) is 0 Å². The highest BCUT2D eigenvalue weighted by Gasteiger charge is 2.12. The summed E-state index contributed by atoms with van der Waals surface area (Å²) >= 11 is 3.28. The van der Waals surface area contributed by atoms with E-state index in [1.54, 1.807) is 29.2 Å². The summed E-state index contributed by atoms with van der Waals surface area (Å²) in [6, 6.07) is 3.50. The Labute approximate surface area is 107 Å². The molecule has 0 amide bonds. The first-order chi connectivity index (χ1) is 8.08. The van der Waals surface area contributed by atoms with Crippen LogP contribution in [0.1, 0.15) is 21.6 Å². The van der Waals surface area contributed by atoms with Crippen molar-refractivity contribution in [2.24, 2.45) is 0 Å². The predicted octanol–water partition coefficient (Wildman–Crippen LogP) is 2.70. The van der Waals surface area contributed by atoms with E-state index in [1.165, 1.54) is 0 Å². The lowest BCUT2D eigenvalue weighted by Gasteiger charge is -2.08. The average Bonchev–Trinajstić information content (AvgIpc) is 2.63. The minimum Gasteiger partial charge on any atom is -0.477 e. The fourth-order valence-electron chi connectivity index (χ4n) is 1.63. The Morgan fingerprint density at radius 2 is 2.35 bits per heavy atom. The summed E-state index contributed by atoms with van der Waals surface area (Å²) in [6.45, 7) is 2.49. The molecular weight excluding hydrogens is 284 g/mol. The van der Waals surface area contributed by atoms with E-state index >= 15 is 0 Å². The molecule has 2 aromatic heterocycles. The molecule has 0 aliphatic rings. The van der Waals surface area contributed by atoms with Crippen LogP contribution in [0.4, 0.5) is 0 Å². The standard InChI is InChI=1S/C12H11BrN2O2/c1-8-2-3-14-5-9(8)6-15-7-10(13)4-11(15)12(16)17/h2-5,7H,6H2,1H3,(H,16,17). The van der Waals surface area contributed by atoms with Crippen LogP contribution in [0.5, 0.6) is 0 Å². The summed E-state index contributed by atoms with van der Waals surface area (Å²) in [7, 11) is 0. The van der Waals surface area contributed by atoms with Crippen LogP contribution in [0.3, 0.4) is 0 Å². The summed E-state index contributed by atoms with van der Waals surface area (Å²) in [5, 5.41) is 9.07. The molecule has 0 saturated carbocycles. The Balaban J connectivity index is 2.36. The fraction of sp³-hybridized carbons (Fsp3) is 0.167. The van der Waals surface area contributed by atoms with Gasteiger partial charge in [-0.3, -0.25) is 4.98 Å². The second-order valence-electron chi connectivity index (χ2n) is 3.78. The fourth-order valence-corrected chi connectivity index (χ4v) is 2.09. The van der Waals surface area contributed by atoms with Gasteiger partial charge in [0.2, 0.25) is 0 Å². The maximum atomic E-state index is 11.1. The molecule has 0 aromatic carbocycles. The number of carboxylic acid groups (broad SMARTS) is 1. The van der Waals surface area contributed by atoms with Crippen molar-refractivity contribution >= 4 is 21.9 Å². The molecule has 0 unspecified atom stereocenters. The first-order valence-corrected chi connectivity index (χ1v) is 5.85. The van der Waals surface area contributed by atoms with Gasteiger partial charge in [0, 0.05) is 29.6 Å². The van der Waals surface area contributed by atoms with Crippen LogP contribution in [0.15, 0.2) is 35.2 Å². The third-order valence-electron chi connectivity index (χ3n) is 2.57. The first-order valence-electron chi connectivity index (χ1n) is 5.06. The first kappa shape index (κ1) is 11.9. The monoisotopic (exact) mass is 294 g/mol. The SMILES string of the molecule is Cc1ccncc1Cn1cc(Br)cc1C(=O)O. The Morgan fingerprint density at radius 1 is 1.59 bits per heavy atom. The van der Waals surface area contributed by atoms with E-state index in [0.29, 0.717) is 6.54 Å². The average molecular weight is 295 g/mol. The number of rotatable bonds is 3. The van der Waals surface area contributed by atoms with Gasteiger partial charge >= 0.3 is 5.97 Å². The highest BCUT2D eigenvalue weighted by atomic mass is 79.9. The van der Waals surface area contributed by atoms with Gasteiger partial charge in [0.25, 0.3) is 0 Å². The molecule has 0 spiro atoms. The molecule has 5 heteroatoms. The van der Waals surface area contributed by atoms with Gasteiger partial charge in [0.15, 0.2) is 0 Å². The van der Waals surface area contributed by atoms with E-state index in [1.807, 2.05) is 13.0 Å². The van der Waals surface area contributed by atoms with Crippen LogP contribution in [-0.2, 0) is 6.54 Å². The molecule has 17 heavy (non-hydrogen) atoms. The van der Waals surface area contributed by atoms with Crippen LogP contribution < -0.4 is 0 Å². The molecule has 2 rings (SSSR count). The normalized spacial score (nSPS) is 10.5. The Bertz CT molecular complexity index is 563. The van der Waals surface area contributed by atoms with E-state index in [4.69, 9.17) is 5.11 Å². The zero-order valence-electron chi connectivity index (χ0n) is 9.22. The molecule has 0 radical (unpaired) electrons. The predicted molar refractivity (Wildman–Crippen MR) is 67.2 cm³/mol. The van der Waals surface area contributed by atoms with Crippen molar-refractivity contribution in [3.8, 4) is 0 Å². The minimum atomic E-state index is -0.933. The summed E-state index contributed by atoms with van der Waals surface area (Å²) in [6.07, 6.45) is 5.24. The zero-order chi connectivity index (χ0) is 12.4. The smallest absolute Gasteiger partial charge is 0.352 e. The van der Waals surface area contributed by atoms with Gasteiger partial charge < -0.3 is 9.67 Å². The molecular formula is C12H11BrN2O2. The van der Waals surface area contributed by atoms with Gasteiger partial charge in [-0.05, 0) is 46.1 Å². The number of pyridine rings is 1. The van der Waals surface area contributed by atoms with Crippen LogP contribution in [0.25, 0.3) is 0 Å². The van der Waals surface area contributed by atoms with E-state index < -0.39 is 5.97 Å². The van der Waals surface area contributed by atoms with Crippen molar-refractivity contribution in [3.05, 3.63) is 52.0 Å².